The first-order valence-electron chi connectivity index (χ1n) is 10.3. The van der Waals surface area contributed by atoms with Crippen LogP contribution in [0.4, 0.5) is 33.3 Å². The van der Waals surface area contributed by atoms with Crippen LogP contribution in [-0.2, 0) is 17.5 Å². The van der Waals surface area contributed by atoms with Crippen molar-refractivity contribution in [2.24, 2.45) is 0 Å². The van der Waals surface area contributed by atoms with Crippen LogP contribution in [0.1, 0.15) is 42.1 Å². The van der Waals surface area contributed by atoms with Crippen molar-refractivity contribution < 1.29 is 36.4 Å². The Morgan fingerprint density at radius 2 is 1.91 bits per heavy atom. The monoisotopic (exact) mass is 496 g/mol. The molecule has 1 aromatic heterocycles. The lowest BCUT2D eigenvalue weighted by molar-refractivity contribution is -0.384. The number of nitro groups is 1. The molecule has 0 bridgehead atoms. The van der Waals surface area contributed by atoms with Gasteiger partial charge in [-0.3, -0.25) is 19.6 Å². The summed E-state index contributed by atoms with van der Waals surface area (Å²) in [4.78, 5) is 23.1. The highest BCUT2D eigenvalue weighted by Gasteiger charge is 2.31. The van der Waals surface area contributed by atoms with E-state index in [0.29, 0.717) is 5.69 Å². The lowest BCUT2D eigenvalue weighted by Crippen LogP contribution is -2.21. The third kappa shape index (κ3) is 5.91. The number of nitrogens with zero attached hydrogens (tertiary/aromatic N) is 3. The molecule has 35 heavy (non-hydrogen) atoms. The van der Waals surface area contributed by atoms with E-state index in [0.717, 1.165) is 43.2 Å². The number of rotatable bonds is 8. The lowest BCUT2D eigenvalue weighted by atomic mass is 10.2. The molecule has 1 aliphatic carbocycles. The van der Waals surface area contributed by atoms with Crippen LogP contribution in [0.15, 0.2) is 48.5 Å². The maximum absolute atomic E-state index is 13.0. The number of ether oxygens (including phenoxy) is 1. The van der Waals surface area contributed by atoms with Crippen molar-refractivity contribution >= 4 is 17.3 Å². The molecule has 1 fully saturated rings. The molecule has 1 heterocycles. The van der Waals surface area contributed by atoms with E-state index in [1.54, 1.807) is 0 Å². The number of non-ortho nitro benzene ring substituents is 1. The maximum atomic E-state index is 13.0. The minimum atomic E-state index is -4.61. The first-order chi connectivity index (χ1) is 16.5. The lowest BCUT2D eigenvalue weighted by Gasteiger charge is -2.12. The molecule has 184 valence electrons. The second kappa shape index (κ2) is 9.31. The Morgan fingerprint density at radius 3 is 2.54 bits per heavy atom. The van der Waals surface area contributed by atoms with Crippen molar-refractivity contribution in [2.45, 2.75) is 37.9 Å². The Labute approximate surface area is 194 Å². The summed E-state index contributed by atoms with van der Waals surface area (Å²) in [5, 5.41) is 17.5. The molecule has 1 saturated carbocycles. The van der Waals surface area contributed by atoms with Crippen molar-refractivity contribution in [3.8, 4) is 11.5 Å². The van der Waals surface area contributed by atoms with Crippen LogP contribution in [0.5, 0.6) is 11.5 Å². The number of nitro benzene ring substituents is 1. The van der Waals surface area contributed by atoms with Gasteiger partial charge in [-0.05, 0) is 37.1 Å². The number of alkyl halides is 5. The van der Waals surface area contributed by atoms with Crippen LogP contribution >= 0.6 is 0 Å². The zero-order chi connectivity index (χ0) is 25.3. The van der Waals surface area contributed by atoms with E-state index in [-0.39, 0.29) is 23.1 Å². The molecular weight excluding hydrogens is 479 g/mol. The van der Waals surface area contributed by atoms with Crippen LogP contribution in [-0.4, -0.2) is 20.6 Å². The molecule has 0 unspecified atom stereocenters. The average Bonchev–Trinajstić information content (AvgIpc) is 3.53. The predicted molar refractivity (Wildman–Crippen MR) is 112 cm³/mol. The number of nitrogens with one attached hydrogen (secondary N) is 1. The normalized spacial score (nSPS) is 13.7. The highest BCUT2D eigenvalue weighted by Crippen LogP contribution is 2.41. The van der Waals surface area contributed by atoms with Crippen molar-refractivity contribution in [1.29, 1.82) is 0 Å². The largest absolute Gasteiger partial charge is 0.457 e. The van der Waals surface area contributed by atoms with E-state index in [4.69, 9.17) is 4.74 Å². The van der Waals surface area contributed by atoms with Gasteiger partial charge in [0, 0.05) is 23.7 Å². The van der Waals surface area contributed by atoms with Gasteiger partial charge in [0.2, 0.25) is 5.91 Å². The van der Waals surface area contributed by atoms with E-state index in [2.05, 4.69) is 10.4 Å². The fraction of sp³-hybridized carbons (Fsp3) is 0.273. The van der Waals surface area contributed by atoms with Crippen molar-refractivity contribution in [3.05, 3.63) is 75.6 Å². The van der Waals surface area contributed by atoms with Gasteiger partial charge in [-0.1, -0.05) is 6.07 Å². The first kappa shape index (κ1) is 24.1. The zero-order valence-electron chi connectivity index (χ0n) is 17.8. The smallest absolute Gasteiger partial charge is 0.416 e. The Balaban J connectivity index is 1.54. The number of aromatic nitrogens is 2. The molecular formula is C22H17F5N4O4. The fourth-order valence-electron chi connectivity index (χ4n) is 3.42. The van der Waals surface area contributed by atoms with Gasteiger partial charge in [-0.15, -0.1) is 0 Å². The first-order valence-corrected chi connectivity index (χ1v) is 10.3. The average molecular weight is 496 g/mol. The SMILES string of the molecule is O=C(Cn1nc(C(F)F)cc1C1CC1)Nc1cc(Oc2cccc(C(F)(F)F)c2)cc([N+](=O)[O-])c1. The maximum Gasteiger partial charge on any atom is 0.416 e. The number of anilines is 1. The summed E-state index contributed by atoms with van der Waals surface area (Å²) in [6, 6.07) is 8.41. The highest BCUT2D eigenvalue weighted by atomic mass is 19.4. The van der Waals surface area contributed by atoms with E-state index in [9.17, 15) is 36.9 Å². The number of halogens is 5. The zero-order valence-corrected chi connectivity index (χ0v) is 17.8. The molecule has 0 atom stereocenters. The fourth-order valence-corrected chi connectivity index (χ4v) is 3.42. The van der Waals surface area contributed by atoms with Crippen LogP contribution < -0.4 is 10.1 Å². The molecule has 0 spiro atoms. The highest BCUT2D eigenvalue weighted by molar-refractivity contribution is 5.91. The molecule has 1 N–H and O–H groups in total. The van der Waals surface area contributed by atoms with Crippen molar-refractivity contribution in [2.75, 3.05) is 5.32 Å². The van der Waals surface area contributed by atoms with E-state index in [1.165, 1.54) is 22.9 Å². The van der Waals surface area contributed by atoms with Gasteiger partial charge in [-0.25, -0.2) is 8.78 Å². The minimum Gasteiger partial charge on any atom is -0.457 e. The summed E-state index contributed by atoms with van der Waals surface area (Å²) in [6.07, 6.45) is -5.84. The van der Waals surface area contributed by atoms with Gasteiger partial charge in [0.1, 0.15) is 23.7 Å². The Bertz CT molecular complexity index is 1270. The van der Waals surface area contributed by atoms with Gasteiger partial charge < -0.3 is 10.1 Å². The van der Waals surface area contributed by atoms with E-state index < -0.39 is 46.9 Å². The Kier molecular flexibility index (Phi) is 6.41. The van der Waals surface area contributed by atoms with Crippen LogP contribution in [0.25, 0.3) is 0 Å². The number of hydrogen-bond acceptors (Lipinski definition) is 5. The van der Waals surface area contributed by atoms with Gasteiger partial charge >= 0.3 is 6.18 Å². The topological polar surface area (TPSA) is 99.3 Å². The summed E-state index contributed by atoms with van der Waals surface area (Å²) < 4.78 is 71.5. The summed E-state index contributed by atoms with van der Waals surface area (Å²) in [6.45, 7) is -0.412. The number of hydrogen-bond donors (Lipinski definition) is 1. The molecule has 0 radical (unpaired) electrons. The molecule has 13 heteroatoms. The van der Waals surface area contributed by atoms with Crippen molar-refractivity contribution in [3.63, 3.8) is 0 Å². The molecule has 3 aromatic rings. The minimum absolute atomic E-state index is 0.0353. The Hall–Kier alpha value is -4.03. The van der Waals surface area contributed by atoms with Gasteiger partial charge in [0.15, 0.2) is 0 Å². The summed E-state index contributed by atoms with van der Waals surface area (Å²) in [7, 11) is 0. The summed E-state index contributed by atoms with van der Waals surface area (Å²) in [5.74, 6) is -1.07. The third-order valence-electron chi connectivity index (χ3n) is 5.13. The van der Waals surface area contributed by atoms with Crippen LogP contribution in [0.2, 0.25) is 0 Å². The molecule has 8 nitrogen and oxygen atoms in total. The van der Waals surface area contributed by atoms with Crippen molar-refractivity contribution in [1.82, 2.24) is 9.78 Å². The molecule has 1 aliphatic rings. The molecule has 1 amide bonds. The second-order valence-electron chi connectivity index (χ2n) is 7.88. The second-order valence-corrected chi connectivity index (χ2v) is 7.88. The third-order valence-corrected chi connectivity index (χ3v) is 5.13. The Morgan fingerprint density at radius 1 is 1.17 bits per heavy atom. The molecule has 4 rings (SSSR count). The standard InChI is InChI=1S/C22H17F5N4O4/c23-21(24)18-10-19(12-4-5-12)30(29-18)11-20(32)28-14-7-15(31(33)34)9-17(8-14)35-16-3-1-2-13(6-16)22(25,26)27/h1-3,6-10,12,21H,4-5,11H2,(H,28,32). The van der Waals surface area contributed by atoms with Gasteiger partial charge in [0.05, 0.1) is 22.2 Å². The predicted octanol–water partition coefficient (Wildman–Crippen LogP) is 6.06. The molecule has 0 aliphatic heterocycles. The van der Waals surface area contributed by atoms with Gasteiger partial charge in [-0.2, -0.15) is 18.3 Å². The number of benzene rings is 2. The number of amides is 1. The summed E-state index contributed by atoms with van der Waals surface area (Å²) in [5.41, 5.74) is -1.47. The summed E-state index contributed by atoms with van der Waals surface area (Å²) >= 11 is 0. The molecule has 2 aromatic carbocycles. The molecule has 0 saturated heterocycles. The van der Waals surface area contributed by atoms with Crippen LogP contribution in [0, 0.1) is 10.1 Å². The number of carbonyl (C=O) groups excluding carboxylic acids is 1. The van der Waals surface area contributed by atoms with E-state index in [1.807, 2.05) is 0 Å². The van der Waals surface area contributed by atoms with Crippen LogP contribution in [0.3, 0.4) is 0 Å². The quantitative estimate of drug-likeness (QED) is 0.232. The number of carbonyl (C=O) groups is 1. The van der Waals surface area contributed by atoms with E-state index >= 15 is 0 Å². The van der Waals surface area contributed by atoms with Gasteiger partial charge in [0.25, 0.3) is 12.1 Å².